The van der Waals surface area contributed by atoms with Gasteiger partial charge in [0, 0.05) is 57.1 Å². The van der Waals surface area contributed by atoms with Crippen molar-refractivity contribution in [2.24, 2.45) is 0 Å². The lowest BCUT2D eigenvalue weighted by Gasteiger charge is -2.24. The zero-order valence-electron chi connectivity index (χ0n) is 16.6. The van der Waals surface area contributed by atoms with Crippen LogP contribution in [0.2, 0.25) is 0 Å². The third kappa shape index (κ3) is 3.49. The molecule has 1 saturated heterocycles. The summed E-state index contributed by atoms with van der Waals surface area (Å²) in [6.45, 7) is 5.04. The first-order chi connectivity index (χ1) is 13.5. The van der Waals surface area contributed by atoms with E-state index in [2.05, 4.69) is 23.1 Å². The Hall–Kier alpha value is -2.82. The highest BCUT2D eigenvalue weighted by molar-refractivity contribution is 5.97. The number of anilines is 2. The second-order valence-electron chi connectivity index (χ2n) is 7.75. The van der Waals surface area contributed by atoms with E-state index in [4.69, 9.17) is 0 Å². The van der Waals surface area contributed by atoms with Crippen LogP contribution in [0.1, 0.15) is 41.3 Å². The molecule has 5 nitrogen and oxygen atoms in total. The van der Waals surface area contributed by atoms with Crippen molar-refractivity contribution < 1.29 is 9.59 Å². The smallest absolute Gasteiger partial charge is 0.253 e. The Bertz CT molecular complexity index is 902. The predicted molar refractivity (Wildman–Crippen MR) is 112 cm³/mol. The number of amides is 2. The Morgan fingerprint density at radius 3 is 2.50 bits per heavy atom. The van der Waals surface area contributed by atoms with E-state index < -0.39 is 0 Å². The SMILES string of the molecule is CC(=O)N1CCc2cc(C(=O)N(C)Cc3ccccc3N3CCCC3)ccc21. The van der Waals surface area contributed by atoms with Gasteiger partial charge in [-0.25, -0.2) is 0 Å². The van der Waals surface area contributed by atoms with E-state index in [-0.39, 0.29) is 11.8 Å². The van der Waals surface area contributed by atoms with Crippen molar-refractivity contribution in [1.29, 1.82) is 0 Å². The Morgan fingerprint density at radius 2 is 1.75 bits per heavy atom. The van der Waals surface area contributed by atoms with Gasteiger partial charge in [-0.3, -0.25) is 9.59 Å². The van der Waals surface area contributed by atoms with Crippen molar-refractivity contribution in [3.05, 3.63) is 59.2 Å². The molecule has 5 heteroatoms. The minimum atomic E-state index is 0.0142. The number of benzene rings is 2. The van der Waals surface area contributed by atoms with Crippen LogP contribution in [0.5, 0.6) is 0 Å². The quantitative estimate of drug-likeness (QED) is 0.820. The number of rotatable bonds is 4. The first-order valence-electron chi connectivity index (χ1n) is 10.0. The molecule has 2 aromatic carbocycles. The maximum absolute atomic E-state index is 13.0. The summed E-state index contributed by atoms with van der Waals surface area (Å²) < 4.78 is 0. The summed E-state index contributed by atoms with van der Waals surface area (Å²) in [6, 6.07) is 14.1. The minimum absolute atomic E-state index is 0.0142. The van der Waals surface area contributed by atoms with Gasteiger partial charge in [-0.1, -0.05) is 18.2 Å². The molecule has 146 valence electrons. The zero-order chi connectivity index (χ0) is 19.7. The van der Waals surface area contributed by atoms with Crippen molar-refractivity contribution in [3.8, 4) is 0 Å². The molecule has 2 aliphatic rings. The van der Waals surface area contributed by atoms with E-state index in [1.807, 2.05) is 31.3 Å². The Balaban J connectivity index is 1.51. The number of carbonyl (C=O) groups is 2. The van der Waals surface area contributed by atoms with Gasteiger partial charge in [-0.15, -0.1) is 0 Å². The van der Waals surface area contributed by atoms with E-state index in [1.165, 1.54) is 24.1 Å². The van der Waals surface area contributed by atoms with Gasteiger partial charge in [0.2, 0.25) is 5.91 Å². The summed E-state index contributed by atoms with van der Waals surface area (Å²) in [7, 11) is 1.86. The number of para-hydroxylation sites is 1. The summed E-state index contributed by atoms with van der Waals surface area (Å²) in [5.41, 5.74) is 5.12. The van der Waals surface area contributed by atoms with Crippen molar-refractivity contribution in [1.82, 2.24) is 4.90 Å². The van der Waals surface area contributed by atoms with Crippen LogP contribution in [0.4, 0.5) is 11.4 Å². The van der Waals surface area contributed by atoms with E-state index in [0.717, 1.165) is 30.8 Å². The van der Waals surface area contributed by atoms with Crippen LogP contribution >= 0.6 is 0 Å². The molecule has 2 heterocycles. The van der Waals surface area contributed by atoms with E-state index in [9.17, 15) is 9.59 Å². The van der Waals surface area contributed by atoms with Crippen LogP contribution in [0.25, 0.3) is 0 Å². The molecule has 0 spiro atoms. The van der Waals surface area contributed by atoms with Crippen LogP contribution in [-0.2, 0) is 17.8 Å². The highest BCUT2D eigenvalue weighted by atomic mass is 16.2. The highest BCUT2D eigenvalue weighted by Crippen LogP contribution is 2.30. The van der Waals surface area contributed by atoms with Crippen LogP contribution in [-0.4, -0.2) is 43.4 Å². The molecular formula is C23H27N3O2. The fraction of sp³-hybridized carbons (Fsp3) is 0.391. The molecule has 0 N–H and O–H groups in total. The molecule has 2 aromatic rings. The summed E-state index contributed by atoms with van der Waals surface area (Å²) >= 11 is 0. The first kappa shape index (κ1) is 18.5. The van der Waals surface area contributed by atoms with Crippen molar-refractivity contribution in [2.45, 2.75) is 32.7 Å². The lowest BCUT2D eigenvalue weighted by Crippen LogP contribution is -2.28. The topological polar surface area (TPSA) is 43.9 Å². The Labute approximate surface area is 166 Å². The van der Waals surface area contributed by atoms with E-state index in [0.29, 0.717) is 18.7 Å². The first-order valence-corrected chi connectivity index (χ1v) is 10.0. The molecule has 0 unspecified atom stereocenters. The van der Waals surface area contributed by atoms with Crippen molar-refractivity contribution >= 4 is 23.2 Å². The fourth-order valence-electron chi connectivity index (χ4n) is 4.32. The van der Waals surface area contributed by atoms with Crippen LogP contribution in [0.3, 0.4) is 0 Å². The number of hydrogen-bond acceptors (Lipinski definition) is 3. The average Bonchev–Trinajstić information content (AvgIpc) is 3.37. The average molecular weight is 377 g/mol. The molecule has 1 fully saturated rings. The molecule has 28 heavy (non-hydrogen) atoms. The molecule has 0 atom stereocenters. The van der Waals surface area contributed by atoms with Gasteiger partial charge in [-0.2, -0.15) is 0 Å². The van der Waals surface area contributed by atoms with E-state index >= 15 is 0 Å². The molecule has 2 aliphatic heterocycles. The third-order valence-electron chi connectivity index (χ3n) is 5.79. The second kappa shape index (κ2) is 7.66. The standard InChI is InChI=1S/C23H27N3O2/c1-17(27)26-14-11-18-15-19(9-10-22(18)26)23(28)24(2)16-20-7-3-4-8-21(20)25-12-5-6-13-25/h3-4,7-10,15H,5-6,11-14,16H2,1-2H3. The molecule has 0 aromatic heterocycles. The molecular weight excluding hydrogens is 350 g/mol. The predicted octanol–water partition coefficient (Wildman–Crippen LogP) is 3.47. The van der Waals surface area contributed by atoms with Crippen molar-refractivity contribution in [3.63, 3.8) is 0 Å². The molecule has 4 rings (SSSR count). The van der Waals surface area contributed by atoms with Gasteiger partial charge >= 0.3 is 0 Å². The third-order valence-corrected chi connectivity index (χ3v) is 5.79. The summed E-state index contributed by atoms with van der Waals surface area (Å²) in [5.74, 6) is 0.0637. The van der Waals surface area contributed by atoms with Crippen molar-refractivity contribution in [2.75, 3.05) is 36.5 Å². The lowest BCUT2D eigenvalue weighted by molar-refractivity contribution is -0.116. The zero-order valence-corrected chi connectivity index (χ0v) is 16.6. The number of nitrogens with zero attached hydrogens (tertiary/aromatic N) is 3. The van der Waals surface area contributed by atoms with Gasteiger partial charge in [0.1, 0.15) is 0 Å². The Kier molecular flexibility index (Phi) is 5.07. The summed E-state index contributed by atoms with van der Waals surface area (Å²) in [6.07, 6.45) is 3.27. The summed E-state index contributed by atoms with van der Waals surface area (Å²) in [5, 5.41) is 0. The monoisotopic (exact) mass is 377 g/mol. The van der Waals surface area contributed by atoms with Crippen LogP contribution in [0, 0.1) is 0 Å². The normalized spacial score (nSPS) is 15.6. The van der Waals surface area contributed by atoms with Crippen LogP contribution < -0.4 is 9.80 Å². The number of carbonyl (C=O) groups excluding carboxylic acids is 2. The minimum Gasteiger partial charge on any atom is -0.371 e. The second-order valence-corrected chi connectivity index (χ2v) is 7.75. The molecule has 0 aliphatic carbocycles. The molecule has 2 amide bonds. The largest absolute Gasteiger partial charge is 0.371 e. The summed E-state index contributed by atoms with van der Waals surface area (Å²) in [4.78, 5) is 30.7. The Morgan fingerprint density at radius 1 is 1.00 bits per heavy atom. The van der Waals surface area contributed by atoms with Crippen LogP contribution in [0.15, 0.2) is 42.5 Å². The lowest BCUT2D eigenvalue weighted by atomic mass is 10.1. The molecule has 0 saturated carbocycles. The fourth-order valence-corrected chi connectivity index (χ4v) is 4.32. The van der Waals surface area contributed by atoms with Gasteiger partial charge in [0.05, 0.1) is 0 Å². The van der Waals surface area contributed by atoms with Gasteiger partial charge < -0.3 is 14.7 Å². The molecule has 0 bridgehead atoms. The van der Waals surface area contributed by atoms with Gasteiger partial charge in [0.15, 0.2) is 0 Å². The van der Waals surface area contributed by atoms with Gasteiger partial charge in [0.25, 0.3) is 5.91 Å². The number of fused-ring (bicyclic) bond motifs is 1. The maximum atomic E-state index is 13.0. The maximum Gasteiger partial charge on any atom is 0.253 e. The van der Waals surface area contributed by atoms with E-state index in [1.54, 1.807) is 16.7 Å². The highest BCUT2D eigenvalue weighted by Gasteiger charge is 2.24. The molecule has 0 radical (unpaired) electrons. The number of hydrogen-bond donors (Lipinski definition) is 0. The van der Waals surface area contributed by atoms with Gasteiger partial charge in [-0.05, 0) is 54.7 Å².